The van der Waals surface area contributed by atoms with Crippen LogP contribution >= 0.6 is 22.6 Å². The number of carbonyl (C=O) groups excluding carboxylic acids is 4. The van der Waals surface area contributed by atoms with Crippen LogP contribution in [0.15, 0.2) is 73.1 Å². The second-order valence-electron chi connectivity index (χ2n) is 38.4. The van der Waals surface area contributed by atoms with Gasteiger partial charge in [0.05, 0.1) is 90.1 Å². The molecular weight excluding hydrogens is 1510 g/mol. The van der Waals surface area contributed by atoms with Crippen molar-refractivity contribution < 1.29 is 67.1 Å². The molecule has 24 heteroatoms. The van der Waals surface area contributed by atoms with E-state index in [4.69, 9.17) is 52.8 Å². The Morgan fingerprint density at radius 2 is 0.936 bits per heavy atom. The van der Waals surface area contributed by atoms with E-state index in [0.29, 0.717) is 84.0 Å². The highest BCUT2D eigenvalue weighted by molar-refractivity contribution is 14.1. The zero-order valence-corrected chi connectivity index (χ0v) is 70.4. The van der Waals surface area contributed by atoms with E-state index in [1.165, 1.54) is 49.2 Å². The van der Waals surface area contributed by atoms with Crippen LogP contribution in [-0.4, -0.2) is 158 Å². The summed E-state index contributed by atoms with van der Waals surface area (Å²) in [4.78, 5) is 66.0. The first kappa shape index (κ1) is 81.2. The van der Waals surface area contributed by atoms with Crippen molar-refractivity contribution in [3.05, 3.63) is 133 Å². The van der Waals surface area contributed by atoms with Crippen molar-refractivity contribution in [3.8, 4) is 11.1 Å². The van der Waals surface area contributed by atoms with Crippen molar-refractivity contribution in [3.63, 3.8) is 0 Å². The first-order valence-corrected chi connectivity index (χ1v) is 40.5. The third-order valence-electron chi connectivity index (χ3n) is 25.2. The molecule has 4 unspecified atom stereocenters. The molecule has 7 heterocycles. The van der Waals surface area contributed by atoms with Crippen LogP contribution in [0.5, 0.6) is 0 Å². The number of aliphatic hydroxyl groups excluding tert-OH is 2. The molecule has 594 valence electrons. The van der Waals surface area contributed by atoms with Gasteiger partial charge in [0, 0.05) is 67.2 Å². The maximum atomic E-state index is 13.9. The molecule has 22 nitrogen and oxygen atoms in total. The Labute approximate surface area is 663 Å². The minimum absolute atomic E-state index is 0.0325. The monoisotopic (exact) mass is 1620 g/mol. The number of benzene rings is 2. The molecule has 0 amide bonds. The average molecular weight is 1620 g/mol. The fourth-order valence-electron chi connectivity index (χ4n) is 22.7. The number of pyridine rings is 2. The van der Waals surface area contributed by atoms with Gasteiger partial charge in [-0.25, -0.2) is 29.1 Å². The lowest BCUT2D eigenvalue weighted by molar-refractivity contribution is -0.250. The molecule has 3 aliphatic heterocycles. The second kappa shape index (κ2) is 29.5. The number of hydrogen-bond donors (Lipinski definition) is 2. The normalized spacial score (nSPS) is 28.5. The smallest absolute Gasteiger partial charge is 0.465 e. The number of aromatic nitrogens is 6. The van der Waals surface area contributed by atoms with Gasteiger partial charge in [0.25, 0.3) is 0 Å². The highest BCUT2D eigenvalue weighted by atomic mass is 127. The Bertz CT molecular complexity index is 4460. The van der Waals surface area contributed by atoms with Crippen LogP contribution < -0.4 is 15.3 Å². The minimum Gasteiger partial charge on any atom is -0.465 e. The van der Waals surface area contributed by atoms with Gasteiger partial charge in [0.1, 0.15) is 22.8 Å². The molecule has 1 saturated heterocycles. The number of nitrogens with zero attached hydrogens (tertiary/aromatic N) is 8. The Kier molecular flexibility index (Phi) is 21.8. The van der Waals surface area contributed by atoms with Gasteiger partial charge >= 0.3 is 31.0 Å². The highest BCUT2D eigenvalue weighted by Crippen LogP contribution is 2.73. The summed E-state index contributed by atoms with van der Waals surface area (Å²) >= 11 is 2.38. The number of hydrogen-bond acceptors (Lipinski definition) is 20. The predicted octanol–water partition coefficient (Wildman–Crippen LogP) is 14.3. The number of carbonyl (C=O) groups is 4. The van der Waals surface area contributed by atoms with Gasteiger partial charge in [-0.2, -0.15) is 10.2 Å². The maximum Gasteiger partial charge on any atom is 0.497 e. The molecular formula is C86H116BIN8O14. The van der Waals surface area contributed by atoms with Crippen LogP contribution in [0.2, 0.25) is 0 Å². The molecule has 8 bridgehead atoms. The summed E-state index contributed by atoms with van der Waals surface area (Å²) in [6.45, 7) is 38.0. The van der Waals surface area contributed by atoms with Crippen molar-refractivity contribution in [1.29, 1.82) is 0 Å². The van der Waals surface area contributed by atoms with Gasteiger partial charge < -0.3 is 57.7 Å². The fraction of sp³-hybridized carbons (Fsp3) is 0.628. The molecule has 2 N–H and O–H groups in total. The third kappa shape index (κ3) is 16.5. The molecule has 4 aromatic heterocycles. The van der Waals surface area contributed by atoms with Crippen molar-refractivity contribution in [1.82, 2.24) is 29.5 Å². The summed E-state index contributed by atoms with van der Waals surface area (Å²) in [5, 5.41) is 28.5. The number of esters is 4. The molecule has 0 spiro atoms. The molecule has 8 aliphatic carbocycles. The number of rotatable bonds is 18. The molecule has 9 fully saturated rings. The number of anilines is 2. The van der Waals surface area contributed by atoms with Crippen molar-refractivity contribution in [2.75, 3.05) is 63.5 Å². The summed E-state index contributed by atoms with van der Waals surface area (Å²) in [5.41, 5.74) is 8.56. The van der Waals surface area contributed by atoms with Gasteiger partial charge in [0.2, 0.25) is 0 Å². The summed E-state index contributed by atoms with van der Waals surface area (Å²) < 4.78 is 52.6. The Morgan fingerprint density at radius 3 is 1.35 bits per heavy atom. The Balaban J connectivity index is 0.000000155. The molecule has 110 heavy (non-hydrogen) atoms. The summed E-state index contributed by atoms with van der Waals surface area (Å²) in [5.74, 6) is -0.499. The number of methoxy groups -OCH3 is 2. The Hall–Kier alpha value is -6.81. The highest BCUT2D eigenvalue weighted by Gasteiger charge is 2.68. The SMILES string of the molecule is COC(=O)c1cccc2c1CN(c1ccc(-c3cnn(CC45CC6(C)CC(C)(C4)CC(OCCO)(C6)C5)c3C)c(C(=O)OC(C)(C)C)n1)CC2.COC(=O)c1cccc2c1CN(c1ccc(B3OC(C)(C)C(C)(C)O3)c(C(=O)OC(C)(C)C)n1)CC2.Cc1c(I)cnn1CC12CC3(C)CC(C)(C1)CC(OCCO)(C3)C2. The van der Waals surface area contributed by atoms with Gasteiger partial charge in [0.15, 0.2) is 11.4 Å². The molecule has 8 saturated carbocycles. The topological polar surface area (TPSA) is 250 Å². The molecule has 11 aliphatic rings. The zero-order chi connectivity index (χ0) is 79.4. The number of aliphatic hydroxyl groups is 2. The van der Waals surface area contributed by atoms with Crippen LogP contribution in [-0.2, 0) is 76.8 Å². The van der Waals surface area contributed by atoms with E-state index in [2.05, 4.69) is 88.4 Å². The van der Waals surface area contributed by atoms with Crippen molar-refractivity contribution in [2.24, 2.45) is 32.5 Å². The fourth-order valence-corrected chi connectivity index (χ4v) is 23.1. The van der Waals surface area contributed by atoms with Crippen LogP contribution in [0.4, 0.5) is 11.6 Å². The number of fused-ring (bicyclic) bond motifs is 2. The van der Waals surface area contributed by atoms with Gasteiger partial charge in [-0.3, -0.25) is 9.36 Å². The third-order valence-corrected chi connectivity index (χ3v) is 26.3. The molecule has 2 aromatic carbocycles. The molecule has 17 rings (SSSR count). The zero-order valence-electron chi connectivity index (χ0n) is 68.2. The van der Waals surface area contributed by atoms with E-state index in [9.17, 15) is 29.4 Å². The molecule has 4 atom stereocenters. The molecule has 6 aromatic rings. The van der Waals surface area contributed by atoms with Crippen molar-refractivity contribution >= 4 is 70.7 Å². The van der Waals surface area contributed by atoms with Gasteiger partial charge in [-0.05, 0) is 281 Å². The van der Waals surface area contributed by atoms with Gasteiger partial charge in [-0.15, -0.1) is 0 Å². The van der Waals surface area contributed by atoms with E-state index >= 15 is 0 Å². The maximum absolute atomic E-state index is 13.9. The second-order valence-corrected chi connectivity index (χ2v) is 39.6. The Morgan fingerprint density at radius 1 is 0.518 bits per heavy atom. The van der Waals surface area contributed by atoms with Crippen LogP contribution in [0.3, 0.4) is 0 Å². The summed E-state index contributed by atoms with van der Waals surface area (Å²) in [6.07, 6.45) is 19.2. The van der Waals surface area contributed by atoms with Crippen LogP contribution in [0.25, 0.3) is 11.1 Å². The largest absolute Gasteiger partial charge is 0.497 e. The average Bonchev–Trinajstić information content (AvgIpc) is 0.739. The summed E-state index contributed by atoms with van der Waals surface area (Å²) in [6, 6.07) is 19.0. The van der Waals surface area contributed by atoms with E-state index in [1.807, 2.05) is 130 Å². The first-order valence-electron chi connectivity index (χ1n) is 39.4. The van der Waals surface area contributed by atoms with Gasteiger partial charge in [-0.1, -0.05) is 58.0 Å². The minimum atomic E-state index is -0.757. The lowest BCUT2D eigenvalue weighted by Gasteiger charge is -2.69. The van der Waals surface area contributed by atoms with Crippen molar-refractivity contribution in [2.45, 2.75) is 260 Å². The van der Waals surface area contributed by atoms with E-state index in [1.54, 1.807) is 12.1 Å². The lowest BCUT2D eigenvalue weighted by atomic mass is 9.39. The number of halogens is 1. The summed E-state index contributed by atoms with van der Waals surface area (Å²) in [7, 11) is 2.02. The first-order chi connectivity index (χ1) is 51.5. The molecule has 0 radical (unpaired) electrons. The van der Waals surface area contributed by atoms with E-state index in [0.717, 1.165) is 111 Å². The standard InChI is InChI=1S/C40H52N4O6.C27H35BN2O6.C19H29IN2O2/c1-26-30(17-41-44(26)25-39-20-37(5)19-38(6,21-39)23-40(22-37,24-39)49-16-15-45)28-11-12-32(42-33(28)35(47)50-36(2,3)4)43-14-13-27-9-8-10-29(31(27)18-43)34(46)48-7;1-25(2,3)34-24(32)22-20(28-35-26(4,5)27(6,7)36-28)12-13-21(29-22)30-15-14-17-10-9-11-18(19(17)16-30)23(31)33-8;1-14-15(20)6-21-22(14)13-18-8-16(2)7-17(3,9-18)11-19(10-16,12-18)24-5-4-23/h8-12,17,45H,13-16,18-25H2,1-7H3;9-13H,14-16H2,1-8H3;6,23H,4-5,7-13H2,1-3H3. The van der Waals surface area contributed by atoms with Crippen LogP contribution in [0.1, 0.15) is 249 Å². The lowest BCUT2D eigenvalue weighted by Crippen LogP contribution is -2.64. The van der Waals surface area contributed by atoms with E-state index in [-0.39, 0.29) is 69.4 Å². The number of ether oxygens (including phenoxy) is 6. The van der Waals surface area contributed by atoms with E-state index < -0.39 is 41.5 Å². The van der Waals surface area contributed by atoms with Crippen LogP contribution in [0, 0.1) is 49.9 Å². The quantitative estimate of drug-likeness (QED) is 0.0351. The predicted molar refractivity (Wildman–Crippen MR) is 429 cm³/mol.